The highest BCUT2D eigenvalue weighted by Gasteiger charge is 2.43. The van der Waals surface area contributed by atoms with E-state index in [1.165, 1.54) is 30.6 Å². The highest BCUT2D eigenvalue weighted by molar-refractivity contribution is 7.22. The maximum atomic E-state index is 12.9. The van der Waals surface area contributed by atoms with Crippen LogP contribution in [0.15, 0.2) is 24.3 Å². The lowest BCUT2D eigenvalue weighted by Crippen LogP contribution is -2.36. The van der Waals surface area contributed by atoms with E-state index in [0.717, 1.165) is 28.4 Å². The van der Waals surface area contributed by atoms with Crippen molar-refractivity contribution in [1.82, 2.24) is 9.88 Å². The molecule has 3 atom stereocenters. The molecule has 2 amide bonds. The minimum atomic E-state index is -0.210. The summed E-state index contributed by atoms with van der Waals surface area (Å²) < 4.78 is 1.08. The Balaban J connectivity index is 1.32. The standard InChI is InChI=1S/C19H21N3O2S/c23-17-8-14(18(24)21-9-12-4-3-5-13(12)10-21)11-22(17)19-20-15-6-1-2-7-16(15)25-19/h1-2,6-7,12-14H,3-5,8-11H2/t12-,13+,14?. The molecule has 0 N–H and O–H groups in total. The fraction of sp³-hybridized carbons (Fsp3) is 0.526. The lowest BCUT2D eigenvalue weighted by Gasteiger charge is -2.21. The minimum absolute atomic E-state index is 0.0248. The van der Waals surface area contributed by atoms with E-state index in [2.05, 4.69) is 4.98 Å². The quantitative estimate of drug-likeness (QED) is 0.832. The Morgan fingerprint density at radius 2 is 1.88 bits per heavy atom. The van der Waals surface area contributed by atoms with Crippen LogP contribution in [0.2, 0.25) is 0 Å². The van der Waals surface area contributed by atoms with Gasteiger partial charge in [0.2, 0.25) is 11.8 Å². The van der Waals surface area contributed by atoms with Gasteiger partial charge in [0, 0.05) is 26.1 Å². The van der Waals surface area contributed by atoms with Gasteiger partial charge < -0.3 is 4.90 Å². The number of benzene rings is 1. The van der Waals surface area contributed by atoms with Crippen LogP contribution in [0.4, 0.5) is 5.13 Å². The van der Waals surface area contributed by atoms with Crippen LogP contribution in [0.5, 0.6) is 0 Å². The molecule has 2 saturated heterocycles. The van der Waals surface area contributed by atoms with Crippen molar-refractivity contribution < 1.29 is 9.59 Å². The first kappa shape index (κ1) is 15.3. The van der Waals surface area contributed by atoms with Crippen molar-refractivity contribution in [3.63, 3.8) is 0 Å². The van der Waals surface area contributed by atoms with Gasteiger partial charge in [0.05, 0.1) is 16.1 Å². The summed E-state index contributed by atoms with van der Waals surface area (Å²) in [7, 11) is 0. The van der Waals surface area contributed by atoms with E-state index >= 15 is 0 Å². The predicted octanol–water partition coefficient (Wildman–Crippen LogP) is 2.91. The molecule has 25 heavy (non-hydrogen) atoms. The summed E-state index contributed by atoms with van der Waals surface area (Å²) in [4.78, 5) is 33.7. The molecule has 0 spiro atoms. The molecule has 1 aliphatic carbocycles. The maximum Gasteiger partial charge on any atom is 0.229 e. The Morgan fingerprint density at radius 1 is 1.12 bits per heavy atom. The Kier molecular flexibility index (Phi) is 3.55. The number of carbonyl (C=O) groups is 2. The summed E-state index contributed by atoms with van der Waals surface area (Å²) in [5.41, 5.74) is 0.914. The number of likely N-dealkylation sites (tertiary alicyclic amines) is 1. The Hall–Kier alpha value is -1.95. The molecule has 0 radical (unpaired) electrons. The number of rotatable bonds is 2. The molecule has 0 bridgehead atoms. The zero-order valence-electron chi connectivity index (χ0n) is 14.1. The number of nitrogens with zero attached hydrogens (tertiary/aromatic N) is 3. The summed E-state index contributed by atoms with van der Waals surface area (Å²) in [6, 6.07) is 7.91. The average molecular weight is 355 g/mol. The fourth-order valence-corrected chi connectivity index (χ4v) is 5.70. The summed E-state index contributed by atoms with van der Waals surface area (Å²) >= 11 is 1.53. The van der Waals surface area contributed by atoms with E-state index in [1.807, 2.05) is 29.2 Å². The molecular formula is C19H21N3O2S. The van der Waals surface area contributed by atoms with Crippen molar-refractivity contribution in [2.24, 2.45) is 17.8 Å². The van der Waals surface area contributed by atoms with Gasteiger partial charge in [0.15, 0.2) is 5.13 Å². The third kappa shape index (κ3) is 2.54. The zero-order valence-corrected chi connectivity index (χ0v) is 14.9. The van der Waals surface area contributed by atoms with Gasteiger partial charge in [-0.05, 0) is 36.8 Å². The smallest absolute Gasteiger partial charge is 0.229 e. The molecule has 1 unspecified atom stereocenters. The summed E-state index contributed by atoms with van der Waals surface area (Å²) in [5, 5.41) is 0.722. The summed E-state index contributed by atoms with van der Waals surface area (Å²) in [5.74, 6) is 1.38. The molecule has 1 aromatic heterocycles. The molecule has 3 heterocycles. The molecule has 130 valence electrons. The van der Waals surface area contributed by atoms with Crippen LogP contribution in [0.1, 0.15) is 25.7 Å². The number of para-hydroxylation sites is 1. The van der Waals surface area contributed by atoms with Crippen molar-refractivity contribution in [1.29, 1.82) is 0 Å². The van der Waals surface area contributed by atoms with E-state index in [1.54, 1.807) is 4.90 Å². The van der Waals surface area contributed by atoms with Crippen LogP contribution in [0.25, 0.3) is 10.2 Å². The van der Waals surface area contributed by atoms with Gasteiger partial charge in [-0.3, -0.25) is 14.5 Å². The molecular weight excluding hydrogens is 334 g/mol. The maximum absolute atomic E-state index is 12.9. The van der Waals surface area contributed by atoms with Crippen LogP contribution in [-0.4, -0.2) is 41.3 Å². The van der Waals surface area contributed by atoms with Gasteiger partial charge >= 0.3 is 0 Å². The molecule has 3 fully saturated rings. The van der Waals surface area contributed by atoms with E-state index in [0.29, 0.717) is 24.8 Å². The predicted molar refractivity (Wildman–Crippen MR) is 97.5 cm³/mol. The van der Waals surface area contributed by atoms with Crippen LogP contribution in [-0.2, 0) is 9.59 Å². The van der Waals surface area contributed by atoms with Gasteiger partial charge in [0.25, 0.3) is 0 Å². The highest BCUT2D eigenvalue weighted by atomic mass is 32.1. The lowest BCUT2D eigenvalue weighted by atomic mass is 10.0. The first-order valence-electron chi connectivity index (χ1n) is 9.14. The number of aromatic nitrogens is 1. The van der Waals surface area contributed by atoms with E-state index < -0.39 is 0 Å². The van der Waals surface area contributed by atoms with Crippen LogP contribution >= 0.6 is 11.3 Å². The van der Waals surface area contributed by atoms with Crippen LogP contribution in [0.3, 0.4) is 0 Å². The van der Waals surface area contributed by atoms with Crippen molar-refractivity contribution in [2.75, 3.05) is 24.5 Å². The second kappa shape index (κ2) is 5.80. The number of hydrogen-bond acceptors (Lipinski definition) is 4. The summed E-state index contributed by atoms with van der Waals surface area (Å²) in [6.07, 6.45) is 4.15. The number of anilines is 1. The number of hydrogen-bond donors (Lipinski definition) is 0. The van der Waals surface area contributed by atoms with E-state index in [9.17, 15) is 9.59 Å². The van der Waals surface area contributed by atoms with Crippen molar-refractivity contribution >= 4 is 38.5 Å². The first-order valence-corrected chi connectivity index (χ1v) is 9.95. The Morgan fingerprint density at radius 3 is 2.64 bits per heavy atom. The third-order valence-corrected chi connectivity index (χ3v) is 7.09. The number of carbonyl (C=O) groups excluding carboxylic acids is 2. The van der Waals surface area contributed by atoms with E-state index in [4.69, 9.17) is 0 Å². The second-order valence-corrected chi connectivity index (χ2v) is 8.57. The minimum Gasteiger partial charge on any atom is -0.342 e. The highest BCUT2D eigenvalue weighted by Crippen LogP contribution is 2.39. The van der Waals surface area contributed by atoms with Crippen molar-refractivity contribution in [2.45, 2.75) is 25.7 Å². The fourth-order valence-electron chi connectivity index (χ4n) is 4.71. The molecule has 1 saturated carbocycles. The van der Waals surface area contributed by atoms with Crippen molar-refractivity contribution in [3.05, 3.63) is 24.3 Å². The molecule has 3 aliphatic rings. The Bertz CT molecular complexity index is 803. The average Bonchev–Trinajstić information content (AvgIpc) is 3.35. The van der Waals surface area contributed by atoms with Gasteiger partial charge in [0.1, 0.15) is 0 Å². The second-order valence-electron chi connectivity index (χ2n) is 7.56. The zero-order chi connectivity index (χ0) is 17.0. The third-order valence-electron chi connectivity index (χ3n) is 6.03. The lowest BCUT2D eigenvalue weighted by molar-refractivity contribution is -0.135. The first-order chi connectivity index (χ1) is 12.2. The monoisotopic (exact) mass is 355 g/mol. The molecule has 2 aromatic rings. The normalized spacial score (nSPS) is 29.0. The largest absolute Gasteiger partial charge is 0.342 e. The number of amides is 2. The number of thiazole rings is 1. The molecule has 2 aliphatic heterocycles. The molecule has 6 heteroatoms. The topological polar surface area (TPSA) is 53.5 Å². The summed E-state index contributed by atoms with van der Waals surface area (Å²) in [6.45, 7) is 2.27. The van der Waals surface area contributed by atoms with Gasteiger partial charge in [-0.2, -0.15) is 0 Å². The van der Waals surface area contributed by atoms with Crippen molar-refractivity contribution in [3.8, 4) is 0 Å². The molecule has 5 nitrogen and oxygen atoms in total. The van der Waals surface area contributed by atoms with Crippen LogP contribution in [0, 0.1) is 17.8 Å². The van der Waals surface area contributed by atoms with Gasteiger partial charge in [-0.15, -0.1) is 0 Å². The van der Waals surface area contributed by atoms with Gasteiger partial charge in [-0.1, -0.05) is 29.9 Å². The molecule has 5 rings (SSSR count). The van der Waals surface area contributed by atoms with Gasteiger partial charge in [-0.25, -0.2) is 4.98 Å². The van der Waals surface area contributed by atoms with Crippen LogP contribution < -0.4 is 4.90 Å². The van der Waals surface area contributed by atoms with E-state index in [-0.39, 0.29) is 17.7 Å². The molecule has 1 aromatic carbocycles. The SMILES string of the molecule is O=C(C1CC(=O)N(c2nc3ccccc3s2)C1)N1C[C@H]2CCC[C@H]2C1. The number of fused-ring (bicyclic) bond motifs is 2. The Labute approximate surface area is 150 Å².